The fourth-order valence-corrected chi connectivity index (χ4v) is 6.43. The standard InChI is InChI=1S/C20H24N4O2S3/c1-9-5-6-13-14(7-9)29-20(21-13)24-17(25)12(4)27-8-15-22-18(26)16-10(2)11(3)28-19(16)23-15/h9,12H,5-8H2,1-4H3,(H,21,24,25)(H,22,23,26). The number of aryl methyl sites for hydroxylation is 3. The molecular formula is C20H24N4O2S3. The van der Waals surface area contributed by atoms with Crippen LogP contribution in [0.3, 0.4) is 0 Å². The molecule has 2 N–H and O–H groups in total. The molecule has 29 heavy (non-hydrogen) atoms. The molecule has 154 valence electrons. The number of thioether (sulfide) groups is 1. The number of hydrogen-bond acceptors (Lipinski definition) is 7. The zero-order chi connectivity index (χ0) is 20.7. The smallest absolute Gasteiger partial charge is 0.259 e. The average molecular weight is 449 g/mol. The van der Waals surface area contributed by atoms with Crippen molar-refractivity contribution in [3.63, 3.8) is 0 Å². The molecule has 0 radical (unpaired) electrons. The molecule has 0 bridgehead atoms. The minimum Gasteiger partial charge on any atom is -0.309 e. The second kappa shape index (κ2) is 8.20. The van der Waals surface area contributed by atoms with E-state index in [9.17, 15) is 9.59 Å². The van der Waals surface area contributed by atoms with Crippen molar-refractivity contribution in [2.45, 2.75) is 58.0 Å². The monoisotopic (exact) mass is 448 g/mol. The zero-order valence-corrected chi connectivity index (χ0v) is 19.4. The van der Waals surface area contributed by atoms with Crippen molar-refractivity contribution >= 4 is 55.7 Å². The summed E-state index contributed by atoms with van der Waals surface area (Å²) >= 11 is 4.59. The number of hydrogen-bond donors (Lipinski definition) is 2. The molecule has 6 nitrogen and oxygen atoms in total. The van der Waals surface area contributed by atoms with E-state index in [2.05, 4.69) is 27.2 Å². The van der Waals surface area contributed by atoms with E-state index >= 15 is 0 Å². The van der Waals surface area contributed by atoms with E-state index in [-0.39, 0.29) is 16.7 Å². The van der Waals surface area contributed by atoms with Gasteiger partial charge in [0.15, 0.2) is 5.13 Å². The molecular weight excluding hydrogens is 424 g/mol. The number of amides is 1. The van der Waals surface area contributed by atoms with E-state index in [1.165, 1.54) is 28.0 Å². The quantitative estimate of drug-likeness (QED) is 0.602. The number of nitrogens with one attached hydrogen (secondary N) is 2. The molecule has 1 aliphatic carbocycles. The van der Waals surface area contributed by atoms with E-state index in [1.807, 2.05) is 20.8 Å². The van der Waals surface area contributed by atoms with Crippen LogP contribution in [0.15, 0.2) is 4.79 Å². The molecule has 3 aromatic rings. The van der Waals surface area contributed by atoms with Crippen molar-refractivity contribution in [1.29, 1.82) is 0 Å². The van der Waals surface area contributed by atoms with Crippen LogP contribution in [-0.4, -0.2) is 26.1 Å². The van der Waals surface area contributed by atoms with Crippen molar-refractivity contribution in [2.24, 2.45) is 5.92 Å². The van der Waals surface area contributed by atoms with Gasteiger partial charge in [-0.25, -0.2) is 9.97 Å². The van der Waals surface area contributed by atoms with Crippen LogP contribution in [0, 0.1) is 19.8 Å². The first-order valence-corrected chi connectivity index (χ1v) is 12.4. The van der Waals surface area contributed by atoms with Crippen LogP contribution >= 0.6 is 34.4 Å². The van der Waals surface area contributed by atoms with Gasteiger partial charge in [0.1, 0.15) is 10.7 Å². The summed E-state index contributed by atoms with van der Waals surface area (Å²) < 4.78 is 0. The maximum absolute atomic E-state index is 12.6. The second-order valence-electron chi connectivity index (χ2n) is 7.66. The molecule has 0 fully saturated rings. The first-order chi connectivity index (χ1) is 13.8. The van der Waals surface area contributed by atoms with Crippen LogP contribution in [0.1, 0.15) is 47.1 Å². The number of nitrogens with zero attached hydrogens (tertiary/aromatic N) is 2. The van der Waals surface area contributed by atoms with Crippen molar-refractivity contribution in [3.05, 3.63) is 37.2 Å². The Labute approximate surface area is 181 Å². The number of rotatable bonds is 5. The molecule has 3 aromatic heterocycles. The Morgan fingerprint density at radius 3 is 2.93 bits per heavy atom. The number of aromatic nitrogens is 3. The van der Waals surface area contributed by atoms with E-state index in [4.69, 9.17) is 0 Å². The maximum Gasteiger partial charge on any atom is 0.259 e. The first kappa shape index (κ1) is 20.6. The Morgan fingerprint density at radius 1 is 1.34 bits per heavy atom. The molecule has 1 aliphatic rings. The van der Waals surface area contributed by atoms with Gasteiger partial charge in [-0.3, -0.25) is 9.59 Å². The summed E-state index contributed by atoms with van der Waals surface area (Å²) in [5.41, 5.74) is 2.03. The average Bonchev–Trinajstić information content (AvgIpc) is 3.19. The molecule has 2 atom stereocenters. The molecule has 4 rings (SSSR count). The van der Waals surface area contributed by atoms with Gasteiger partial charge in [-0.1, -0.05) is 6.92 Å². The molecule has 0 aromatic carbocycles. The number of carbonyl (C=O) groups is 1. The maximum atomic E-state index is 12.6. The predicted octanol–water partition coefficient (Wildman–Crippen LogP) is 4.44. The summed E-state index contributed by atoms with van der Waals surface area (Å²) in [6.07, 6.45) is 3.21. The summed E-state index contributed by atoms with van der Waals surface area (Å²) in [5.74, 6) is 1.69. The fraction of sp³-hybridized carbons (Fsp3) is 0.500. The summed E-state index contributed by atoms with van der Waals surface area (Å²) in [4.78, 5) is 40.2. The molecule has 2 unspecified atom stereocenters. The van der Waals surface area contributed by atoms with E-state index < -0.39 is 0 Å². The molecule has 0 saturated heterocycles. The molecule has 1 amide bonds. The summed E-state index contributed by atoms with van der Waals surface area (Å²) in [7, 11) is 0. The van der Waals surface area contributed by atoms with E-state index in [0.717, 1.165) is 40.2 Å². The number of anilines is 1. The molecule has 0 spiro atoms. The number of thiophene rings is 1. The number of fused-ring (bicyclic) bond motifs is 2. The highest BCUT2D eigenvalue weighted by molar-refractivity contribution is 7.99. The lowest BCUT2D eigenvalue weighted by molar-refractivity contribution is -0.115. The van der Waals surface area contributed by atoms with Crippen LogP contribution in [0.25, 0.3) is 10.2 Å². The van der Waals surface area contributed by atoms with Crippen LogP contribution in [0.4, 0.5) is 5.13 Å². The Hall–Kier alpha value is -1.71. The predicted molar refractivity (Wildman–Crippen MR) is 122 cm³/mol. The van der Waals surface area contributed by atoms with Crippen molar-refractivity contribution in [1.82, 2.24) is 15.0 Å². The highest BCUT2D eigenvalue weighted by Crippen LogP contribution is 2.32. The fourth-order valence-electron chi connectivity index (χ4n) is 3.45. The Kier molecular flexibility index (Phi) is 5.81. The van der Waals surface area contributed by atoms with Crippen LogP contribution in [-0.2, 0) is 23.4 Å². The van der Waals surface area contributed by atoms with Gasteiger partial charge in [0.25, 0.3) is 5.56 Å². The Morgan fingerprint density at radius 2 is 2.14 bits per heavy atom. The van der Waals surface area contributed by atoms with Gasteiger partial charge in [-0.05, 0) is 51.5 Å². The highest BCUT2D eigenvalue weighted by atomic mass is 32.2. The number of aromatic amines is 1. The second-order valence-corrected chi connectivity index (χ2v) is 11.3. The SMILES string of the molecule is Cc1sc2nc(CSC(C)C(=O)Nc3nc4c(s3)CC(C)CC4)[nH]c(=O)c2c1C. The molecule has 0 saturated carbocycles. The van der Waals surface area contributed by atoms with Crippen LogP contribution in [0.2, 0.25) is 0 Å². The molecule has 0 aliphatic heterocycles. The minimum absolute atomic E-state index is 0.0691. The molecule has 3 heterocycles. The zero-order valence-electron chi connectivity index (χ0n) is 16.9. The van der Waals surface area contributed by atoms with Crippen LogP contribution < -0.4 is 10.9 Å². The van der Waals surface area contributed by atoms with Gasteiger partial charge in [-0.2, -0.15) is 0 Å². The van der Waals surface area contributed by atoms with Gasteiger partial charge in [0.2, 0.25) is 5.91 Å². The van der Waals surface area contributed by atoms with Crippen molar-refractivity contribution < 1.29 is 4.79 Å². The summed E-state index contributed by atoms with van der Waals surface area (Å²) in [5, 5.41) is 4.05. The summed E-state index contributed by atoms with van der Waals surface area (Å²) in [6, 6.07) is 0. The number of carbonyl (C=O) groups excluding carboxylic acids is 1. The first-order valence-electron chi connectivity index (χ1n) is 9.71. The highest BCUT2D eigenvalue weighted by Gasteiger charge is 2.22. The summed E-state index contributed by atoms with van der Waals surface area (Å²) in [6.45, 7) is 8.07. The van der Waals surface area contributed by atoms with Gasteiger partial charge in [-0.15, -0.1) is 34.4 Å². The third-order valence-corrected chi connectivity index (χ3v) is 8.63. The van der Waals surface area contributed by atoms with Gasteiger partial charge >= 0.3 is 0 Å². The third-order valence-electron chi connectivity index (χ3n) is 5.34. The Balaban J connectivity index is 1.39. The van der Waals surface area contributed by atoms with Gasteiger partial charge in [0.05, 0.1) is 22.1 Å². The van der Waals surface area contributed by atoms with Crippen molar-refractivity contribution in [3.8, 4) is 0 Å². The lowest BCUT2D eigenvalue weighted by Gasteiger charge is -2.15. The minimum atomic E-state index is -0.275. The lowest BCUT2D eigenvalue weighted by Crippen LogP contribution is -2.23. The van der Waals surface area contributed by atoms with Gasteiger partial charge in [0, 0.05) is 9.75 Å². The third kappa shape index (κ3) is 4.27. The largest absolute Gasteiger partial charge is 0.309 e. The topological polar surface area (TPSA) is 87.7 Å². The normalized spacial score (nSPS) is 17.3. The number of thiazole rings is 1. The number of H-pyrrole nitrogens is 1. The Bertz CT molecular complexity index is 1130. The lowest BCUT2D eigenvalue weighted by atomic mass is 9.93. The molecule has 9 heteroatoms. The van der Waals surface area contributed by atoms with Gasteiger partial charge < -0.3 is 10.3 Å². The van der Waals surface area contributed by atoms with E-state index in [1.54, 1.807) is 11.3 Å². The van der Waals surface area contributed by atoms with E-state index in [0.29, 0.717) is 28.0 Å². The van der Waals surface area contributed by atoms with Crippen LogP contribution in [0.5, 0.6) is 0 Å². The van der Waals surface area contributed by atoms with Crippen molar-refractivity contribution in [2.75, 3.05) is 5.32 Å².